The second-order valence-electron chi connectivity index (χ2n) is 6.92. The summed E-state index contributed by atoms with van der Waals surface area (Å²) in [7, 11) is -3.27. The smallest absolute Gasteiger partial charge is 0.232 e. The molecule has 1 fully saturated rings. The number of nitrogens with one attached hydrogen (secondary N) is 1. The van der Waals surface area contributed by atoms with Gasteiger partial charge in [-0.3, -0.25) is 4.79 Å². The van der Waals surface area contributed by atoms with Crippen LogP contribution < -0.4 is 0 Å². The van der Waals surface area contributed by atoms with E-state index in [1.54, 1.807) is 4.90 Å². The summed E-state index contributed by atoms with van der Waals surface area (Å²) in [5, 5.41) is 0.565. The van der Waals surface area contributed by atoms with Gasteiger partial charge in [0.05, 0.1) is 16.8 Å². The van der Waals surface area contributed by atoms with Gasteiger partial charge in [-0.2, -0.15) is 0 Å². The van der Waals surface area contributed by atoms with Crippen LogP contribution >= 0.6 is 11.8 Å². The Kier molecular flexibility index (Phi) is 5.46. The first-order valence-electron chi connectivity index (χ1n) is 9.28. The van der Waals surface area contributed by atoms with Crippen LogP contribution in [0.15, 0.2) is 65.7 Å². The fourth-order valence-electron chi connectivity index (χ4n) is 3.63. The maximum absolute atomic E-state index is 12.7. The minimum absolute atomic E-state index is 0.00997. The topological polar surface area (TPSA) is 70.2 Å². The number of aromatic nitrogens is 1. The van der Waals surface area contributed by atoms with E-state index in [1.165, 1.54) is 11.8 Å². The molecule has 1 saturated heterocycles. The maximum atomic E-state index is 12.7. The monoisotopic (exact) mass is 414 g/mol. The summed E-state index contributed by atoms with van der Waals surface area (Å²) in [6.07, 6.45) is 2.36. The van der Waals surface area contributed by atoms with Gasteiger partial charge in [-0.25, -0.2) is 8.42 Å². The van der Waals surface area contributed by atoms with Crippen molar-refractivity contribution in [1.29, 1.82) is 0 Å². The van der Waals surface area contributed by atoms with Gasteiger partial charge < -0.3 is 9.88 Å². The van der Waals surface area contributed by atoms with Crippen LogP contribution in [0.5, 0.6) is 0 Å². The number of amides is 1. The van der Waals surface area contributed by atoms with Crippen LogP contribution in [0, 0.1) is 0 Å². The van der Waals surface area contributed by atoms with Crippen molar-refractivity contribution in [2.24, 2.45) is 0 Å². The first-order valence-corrected chi connectivity index (χ1v) is 12.0. The van der Waals surface area contributed by atoms with Gasteiger partial charge in [0.2, 0.25) is 5.91 Å². The maximum Gasteiger partial charge on any atom is 0.232 e. The van der Waals surface area contributed by atoms with Gasteiger partial charge in [0, 0.05) is 35.1 Å². The van der Waals surface area contributed by atoms with Crippen LogP contribution in [-0.4, -0.2) is 48.8 Å². The van der Waals surface area contributed by atoms with E-state index >= 15 is 0 Å². The number of hydrogen-bond acceptors (Lipinski definition) is 4. The summed E-state index contributed by atoms with van der Waals surface area (Å²) in [4.78, 5) is 18.7. The minimum Gasteiger partial charge on any atom is -0.360 e. The van der Waals surface area contributed by atoms with Crippen LogP contribution in [0.4, 0.5) is 0 Å². The number of thioether (sulfide) groups is 1. The molecule has 1 amide bonds. The standard InChI is InChI=1S/C21H22N2O3S2/c24-21(15-27-19-14-22-18-9-5-4-8-17(18)19)23-11-10-20(28(25,26)13-12-23)16-6-2-1-3-7-16/h1-9,14,20,22H,10-13,15H2/t20-/m0/s1. The van der Waals surface area contributed by atoms with Crippen molar-refractivity contribution in [3.63, 3.8) is 0 Å². The third kappa shape index (κ3) is 3.95. The van der Waals surface area contributed by atoms with E-state index in [0.29, 0.717) is 18.7 Å². The molecule has 0 bridgehead atoms. The third-order valence-electron chi connectivity index (χ3n) is 5.17. The summed E-state index contributed by atoms with van der Waals surface area (Å²) >= 11 is 1.49. The number of hydrogen-bond donors (Lipinski definition) is 1. The zero-order chi connectivity index (χ0) is 19.6. The molecule has 7 heteroatoms. The fourth-order valence-corrected chi connectivity index (χ4v) is 6.36. The average Bonchev–Trinajstić information content (AvgIpc) is 3.04. The van der Waals surface area contributed by atoms with Crippen LogP contribution in [0.1, 0.15) is 17.2 Å². The van der Waals surface area contributed by atoms with Gasteiger partial charge in [-0.1, -0.05) is 48.5 Å². The first-order chi connectivity index (χ1) is 13.5. The zero-order valence-electron chi connectivity index (χ0n) is 15.4. The summed E-state index contributed by atoms with van der Waals surface area (Å²) in [6.45, 7) is 0.727. The Hall–Kier alpha value is -2.25. The number of rotatable bonds is 4. The molecule has 2 aromatic carbocycles. The number of fused-ring (bicyclic) bond motifs is 1. The molecule has 1 aliphatic rings. The van der Waals surface area contributed by atoms with Crippen molar-refractivity contribution in [2.75, 3.05) is 24.6 Å². The number of carbonyl (C=O) groups excluding carboxylic acids is 1. The minimum atomic E-state index is -3.27. The molecule has 0 saturated carbocycles. The Morgan fingerprint density at radius 3 is 2.64 bits per heavy atom. The van der Waals surface area contributed by atoms with Crippen LogP contribution in [0.3, 0.4) is 0 Å². The second-order valence-corrected chi connectivity index (χ2v) is 10.2. The molecule has 1 aromatic heterocycles. The van der Waals surface area contributed by atoms with Gasteiger partial charge >= 0.3 is 0 Å². The summed E-state index contributed by atoms with van der Waals surface area (Å²) in [5.41, 5.74) is 1.86. The highest BCUT2D eigenvalue weighted by molar-refractivity contribution is 8.00. The molecule has 146 valence electrons. The summed E-state index contributed by atoms with van der Waals surface area (Å²) in [6, 6.07) is 17.3. The number of aromatic amines is 1. The summed E-state index contributed by atoms with van der Waals surface area (Å²) in [5.74, 6) is 0.299. The van der Waals surface area contributed by atoms with E-state index < -0.39 is 15.1 Å². The first kappa shape index (κ1) is 19.1. The summed E-state index contributed by atoms with van der Waals surface area (Å²) < 4.78 is 25.4. The Bertz CT molecular complexity index is 1080. The number of sulfone groups is 1. The van der Waals surface area contributed by atoms with Crippen molar-refractivity contribution < 1.29 is 13.2 Å². The molecule has 0 spiro atoms. The van der Waals surface area contributed by atoms with E-state index in [-0.39, 0.29) is 18.2 Å². The Morgan fingerprint density at radius 2 is 1.82 bits per heavy atom. The molecule has 2 heterocycles. The molecule has 0 radical (unpaired) electrons. The Labute approximate surface area is 169 Å². The molecule has 4 rings (SSSR count). The van der Waals surface area contributed by atoms with E-state index in [4.69, 9.17) is 0 Å². The highest BCUT2D eigenvalue weighted by atomic mass is 32.2. The van der Waals surface area contributed by atoms with Gasteiger partial charge in [0.15, 0.2) is 9.84 Å². The predicted molar refractivity (Wildman–Crippen MR) is 113 cm³/mol. The van der Waals surface area contributed by atoms with E-state index in [1.807, 2.05) is 60.8 Å². The van der Waals surface area contributed by atoms with Gasteiger partial charge in [0.1, 0.15) is 0 Å². The van der Waals surface area contributed by atoms with Crippen LogP contribution in [0.25, 0.3) is 10.9 Å². The van der Waals surface area contributed by atoms with Crippen molar-refractivity contribution >= 4 is 38.4 Å². The van der Waals surface area contributed by atoms with Gasteiger partial charge in [-0.05, 0) is 18.1 Å². The van der Waals surface area contributed by atoms with E-state index in [2.05, 4.69) is 4.98 Å². The number of carbonyl (C=O) groups is 1. The fraction of sp³-hybridized carbons (Fsp3) is 0.286. The Balaban J connectivity index is 1.43. The van der Waals surface area contributed by atoms with Crippen LogP contribution in [0.2, 0.25) is 0 Å². The number of nitrogens with zero attached hydrogens (tertiary/aromatic N) is 1. The number of benzene rings is 2. The third-order valence-corrected chi connectivity index (χ3v) is 8.33. The average molecular weight is 415 g/mol. The molecule has 0 unspecified atom stereocenters. The lowest BCUT2D eigenvalue weighted by Crippen LogP contribution is -2.34. The van der Waals surface area contributed by atoms with Gasteiger partial charge in [-0.15, -0.1) is 11.8 Å². The molecule has 1 N–H and O–H groups in total. The predicted octanol–water partition coefficient (Wildman–Crippen LogP) is 3.65. The normalized spacial score (nSPS) is 19.4. The van der Waals surface area contributed by atoms with E-state index in [0.717, 1.165) is 21.4 Å². The SMILES string of the molecule is O=C(CSc1c[nH]c2ccccc12)N1CC[C@@H](c2ccccc2)S(=O)(=O)CC1. The molecule has 3 aromatic rings. The van der Waals surface area contributed by atoms with E-state index in [9.17, 15) is 13.2 Å². The van der Waals surface area contributed by atoms with Crippen molar-refractivity contribution in [2.45, 2.75) is 16.6 Å². The molecule has 1 aliphatic heterocycles. The molecular formula is C21H22N2O3S2. The molecule has 1 atom stereocenters. The molecule has 0 aliphatic carbocycles. The number of H-pyrrole nitrogens is 1. The van der Waals surface area contributed by atoms with Crippen LogP contribution in [-0.2, 0) is 14.6 Å². The molecular weight excluding hydrogens is 392 g/mol. The van der Waals surface area contributed by atoms with Crippen molar-refractivity contribution in [1.82, 2.24) is 9.88 Å². The Morgan fingerprint density at radius 1 is 1.07 bits per heavy atom. The largest absolute Gasteiger partial charge is 0.360 e. The lowest BCUT2D eigenvalue weighted by Gasteiger charge is -2.19. The lowest BCUT2D eigenvalue weighted by molar-refractivity contribution is -0.128. The molecule has 5 nitrogen and oxygen atoms in total. The quantitative estimate of drug-likeness (QED) is 0.662. The zero-order valence-corrected chi connectivity index (χ0v) is 17.0. The second kappa shape index (κ2) is 8.01. The molecule has 28 heavy (non-hydrogen) atoms. The van der Waals surface area contributed by atoms with Crippen molar-refractivity contribution in [3.05, 3.63) is 66.4 Å². The van der Waals surface area contributed by atoms with Gasteiger partial charge in [0.25, 0.3) is 0 Å². The highest BCUT2D eigenvalue weighted by Gasteiger charge is 2.32. The number of para-hydroxylation sites is 1. The highest BCUT2D eigenvalue weighted by Crippen LogP contribution is 2.31. The van der Waals surface area contributed by atoms with Crippen molar-refractivity contribution in [3.8, 4) is 0 Å². The lowest BCUT2D eigenvalue weighted by atomic mass is 10.1.